The zero-order valence-corrected chi connectivity index (χ0v) is 13.3. The number of H-pyrrole nitrogens is 1. The number of hydrogen-bond donors (Lipinski definition) is 2. The van der Waals surface area contributed by atoms with Crippen LogP contribution in [0.4, 0.5) is 5.82 Å². The Kier molecular flexibility index (Phi) is 3.65. The molecule has 1 amide bonds. The number of nitrogen functional groups attached to an aromatic ring is 1. The van der Waals surface area contributed by atoms with E-state index < -0.39 is 0 Å². The molecule has 0 aliphatic carbocycles. The predicted molar refractivity (Wildman–Crippen MR) is 92.6 cm³/mol. The van der Waals surface area contributed by atoms with Crippen LogP contribution < -0.4 is 5.73 Å². The number of likely N-dealkylation sites (tertiary alicyclic amines) is 1. The van der Waals surface area contributed by atoms with E-state index in [2.05, 4.69) is 39.3 Å². The standard InChI is InChI=1S/C18H19N5O/c19-17-16(20-7-8-21-17)18(24)23-9-5-12(6-10-23)14-11-22-15-4-2-1-3-13(14)15/h1-4,7-8,11-12,22H,5-6,9-10H2,(H2,19,21). The van der Waals surface area contributed by atoms with Crippen molar-refractivity contribution < 1.29 is 4.79 Å². The van der Waals surface area contributed by atoms with E-state index in [1.54, 1.807) is 0 Å². The van der Waals surface area contributed by atoms with Crippen LogP contribution in [-0.2, 0) is 0 Å². The number of amides is 1. The molecule has 1 aliphatic rings. The highest BCUT2D eigenvalue weighted by Gasteiger charge is 2.27. The average molecular weight is 321 g/mol. The first-order valence-electron chi connectivity index (χ1n) is 8.16. The minimum atomic E-state index is -0.127. The van der Waals surface area contributed by atoms with Crippen molar-refractivity contribution in [2.24, 2.45) is 0 Å². The van der Waals surface area contributed by atoms with Gasteiger partial charge in [0.2, 0.25) is 0 Å². The number of carbonyl (C=O) groups is 1. The zero-order valence-electron chi connectivity index (χ0n) is 13.3. The SMILES string of the molecule is Nc1nccnc1C(=O)N1CCC(c2c[nH]c3ccccc23)CC1. The fourth-order valence-electron chi connectivity index (χ4n) is 3.49. The lowest BCUT2D eigenvalue weighted by atomic mass is 9.89. The molecule has 1 aromatic carbocycles. The maximum absolute atomic E-state index is 12.6. The number of nitrogens with two attached hydrogens (primary N) is 1. The van der Waals surface area contributed by atoms with Crippen molar-refractivity contribution >= 4 is 22.6 Å². The van der Waals surface area contributed by atoms with Crippen LogP contribution in [0.1, 0.15) is 34.8 Å². The van der Waals surface area contributed by atoms with Crippen LogP contribution in [0.2, 0.25) is 0 Å². The Labute approximate surface area is 139 Å². The highest BCUT2D eigenvalue weighted by molar-refractivity contribution is 5.96. The molecule has 1 saturated heterocycles. The number of para-hydroxylation sites is 1. The largest absolute Gasteiger partial charge is 0.382 e. The number of carbonyl (C=O) groups excluding carboxylic acids is 1. The van der Waals surface area contributed by atoms with Crippen molar-refractivity contribution in [1.29, 1.82) is 0 Å². The van der Waals surface area contributed by atoms with Gasteiger partial charge in [0, 0.05) is 42.6 Å². The third-order valence-corrected chi connectivity index (χ3v) is 4.77. The predicted octanol–water partition coefficient (Wildman–Crippen LogP) is 2.56. The summed E-state index contributed by atoms with van der Waals surface area (Å²) in [7, 11) is 0. The first kappa shape index (κ1) is 14.7. The number of rotatable bonds is 2. The molecule has 0 saturated carbocycles. The fourth-order valence-corrected chi connectivity index (χ4v) is 3.49. The number of nitrogens with one attached hydrogen (secondary N) is 1. The second-order valence-corrected chi connectivity index (χ2v) is 6.15. The molecule has 1 fully saturated rings. The fraction of sp³-hybridized carbons (Fsp3) is 0.278. The number of piperidine rings is 1. The number of nitrogens with zero attached hydrogens (tertiary/aromatic N) is 3. The van der Waals surface area contributed by atoms with Crippen molar-refractivity contribution in [3.8, 4) is 0 Å². The molecular formula is C18H19N5O. The highest BCUT2D eigenvalue weighted by atomic mass is 16.2. The molecule has 4 rings (SSSR count). The van der Waals surface area contributed by atoms with Crippen LogP contribution in [0.15, 0.2) is 42.9 Å². The molecule has 6 nitrogen and oxygen atoms in total. The molecule has 0 spiro atoms. The molecule has 3 heterocycles. The number of aromatic amines is 1. The van der Waals surface area contributed by atoms with Gasteiger partial charge in [0.25, 0.3) is 5.91 Å². The summed E-state index contributed by atoms with van der Waals surface area (Å²) >= 11 is 0. The summed E-state index contributed by atoms with van der Waals surface area (Å²) in [5.41, 5.74) is 8.53. The van der Waals surface area contributed by atoms with Gasteiger partial charge in [-0.05, 0) is 30.4 Å². The summed E-state index contributed by atoms with van der Waals surface area (Å²) in [4.78, 5) is 25.8. The molecule has 0 bridgehead atoms. The van der Waals surface area contributed by atoms with Crippen LogP contribution in [0, 0.1) is 0 Å². The first-order valence-corrected chi connectivity index (χ1v) is 8.16. The summed E-state index contributed by atoms with van der Waals surface area (Å²) < 4.78 is 0. The zero-order chi connectivity index (χ0) is 16.5. The van der Waals surface area contributed by atoms with Gasteiger partial charge in [-0.15, -0.1) is 0 Å². The summed E-state index contributed by atoms with van der Waals surface area (Å²) in [5.74, 6) is 0.531. The number of benzene rings is 1. The first-order chi connectivity index (χ1) is 11.7. The van der Waals surface area contributed by atoms with E-state index in [1.165, 1.54) is 28.9 Å². The number of fused-ring (bicyclic) bond motifs is 1. The van der Waals surface area contributed by atoms with Gasteiger partial charge < -0.3 is 15.6 Å². The lowest BCUT2D eigenvalue weighted by molar-refractivity contribution is 0.0708. The maximum atomic E-state index is 12.6. The molecule has 2 aromatic heterocycles. The lowest BCUT2D eigenvalue weighted by Crippen LogP contribution is -2.38. The smallest absolute Gasteiger partial charge is 0.276 e. The van der Waals surface area contributed by atoms with Crippen molar-refractivity contribution in [1.82, 2.24) is 19.9 Å². The van der Waals surface area contributed by atoms with E-state index in [-0.39, 0.29) is 17.4 Å². The Balaban J connectivity index is 1.49. The van der Waals surface area contributed by atoms with E-state index >= 15 is 0 Å². The van der Waals surface area contributed by atoms with Crippen LogP contribution in [-0.4, -0.2) is 38.8 Å². The van der Waals surface area contributed by atoms with Gasteiger partial charge in [-0.2, -0.15) is 0 Å². The molecule has 0 radical (unpaired) electrons. The van der Waals surface area contributed by atoms with Crippen molar-refractivity contribution in [2.45, 2.75) is 18.8 Å². The third kappa shape index (κ3) is 2.50. The van der Waals surface area contributed by atoms with Gasteiger partial charge in [-0.1, -0.05) is 18.2 Å². The Morgan fingerprint density at radius 1 is 1.17 bits per heavy atom. The normalized spacial score (nSPS) is 15.8. The highest BCUT2D eigenvalue weighted by Crippen LogP contribution is 2.33. The van der Waals surface area contributed by atoms with E-state index in [0.29, 0.717) is 19.0 Å². The molecule has 6 heteroatoms. The van der Waals surface area contributed by atoms with Gasteiger partial charge in [-0.3, -0.25) is 4.79 Å². The topological polar surface area (TPSA) is 87.9 Å². The Bertz CT molecular complexity index is 880. The van der Waals surface area contributed by atoms with Crippen molar-refractivity contribution in [2.75, 3.05) is 18.8 Å². The summed E-state index contributed by atoms with van der Waals surface area (Å²) in [5, 5.41) is 1.28. The Morgan fingerprint density at radius 3 is 2.71 bits per heavy atom. The summed E-state index contributed by atoms with van der Waals surface area (Å²) in [6.45, 7) is 1.41. The molecule has 122 valence electrons. The molecule has 3 N–H and O–H groups in total. The Hall–Kier alpha value is -2.89. The van der Waals surface area contributed by atoms with E-state index in [1.807, 2.05) is 11.0 Å². The summed E-state index contributed by atoms with van der Waals surface area (Å²) in [6.07, 6.45) is 6.98. The molecule has 3 aromatic rings. The van der Waals surface area contributed by atoms with E-state index in [4.69, 9.17) is 5.73 Å². The number of anilines is 1. The molecule has 1 aliphatic heterocycles. The minimum absolute atomic E-state index is 0.127. The van der Waals surface area contributed by atoms with E-state index in [9.17, 15) is 4.79 Å². The Morgan fingerprint density at radius 2 is 1.92 bits per heavy atom. The van der Waals surface area contributed by atoms with Gasteiger partial charge in [-0.25, -0.2) is 9.97 Å². The van der Waals surface area contributed by atoms with Gasteiger partial charge in [0.05, 0.1) is 0 Å². The third-order valence-electron chi connectivity index (χ3n) is 4.77. The summed E-state index contributed by atoms with van der Waals surface area (Å²) in [6, 6.07) is 8.34. The monoisotopic (exact) mass is 321 g/mol. The van der Waals surface area contributed by atoms with Crippen LogP contribution in [0.25, 0.3) is 10.9 Å². The van der Waals surface area contributed by atoms with Gasteiger partial charge in [0.1, 0.15) is 0 Å². The number of hydrogen-bond acceptors (Lipinski definition) is 4. The number of aromatic nitrogens is 3. The second-order valence-electron chi connectivity index (χ2n) is 6.15. The van der Waals surface area contributed by atoms with Crippen LogP contribution >= 0.6 is 0 Å². The minimum Gasteiger partial charge on any atom is -0.382 e. The van der Waals surface area contributed by atoms with E-state index in [0.717, 1.165) is 12.8 Å². The molecule has 0 unspecified atom stereocenters. The van der Waals surface area contributed by atoms with Crippen LogP contribution in [0.3, 0.4) is 0 Å². The molecule has 0 atom stereocenters. The quantitative estimate of drug-likeness (QED) is 0.759. The van der Waals surface area contributed by atoms with Crippen molar-refractivity contribution in [3.63, 3.8) is 0 Å². The molecular weight excluding hydrogens is 302 g/mol. The average Bonchev–Trinajstić information content (AvgIpc) is 3.06. The van der Waals surface area contributed by atoms with Crippen LogP contribution in [0.5, 0.6) is 0 Å². The second kappa shape index (κ2) is 5.96. The lowest BCUT2D eigenvalue weighted by Gasteiger charge is -2.31. The van der Waals surface area contributed by atoms with Gasteiger partial charge >= 0.3 is 0 Å². The molecule has 24 heavy (non-hydrogen) atoms. The maximum Gasteiger partial charge on any atom is 0.276 e. The van der Waals surface area contributed by atoms with Crippen molar-refractivity contribution in [3.05, 3.63) is 54.1 Å². The van der Waals surface area contributed by atoms with Gasteiger partial charge in [0.15, 0.2) is 11.5 Å².